The predicted octanol–water partition coefficient (Wildman–Crippen LogP) is 1.62. The third-order valence-electron chi connectivity index (χ3n) is 1.08. The first kappa shape index (κ1) is 8.38. The van der Waals surface area contributed by atoms with Crippen LogP contribution < -0.4 is 5.73 Å². The molecule has 4 heteroatoms. The molecule has 0 saturated heterocycles. The molecule has 1 heterocycles. The standard InChI is InChI=1S/C7H7ClN2S/c1-5-6(3-2-4-8)11-7(9)10-5/h4H2,1H3,(H2,9,10). The molecule has 0 unspecified atom stereocenters. The van der Waals surface area contributed by atoms with E-state index in [1.807, 2.05) is 6.92 Å². The van der Waals surface area contributed by atoms with Crippen molar-refractivity contribution in [3.8, 4) is 11.8 Å². The van der Waals surface area contributed by atoms with Crippen LogP contribution >= 0.6 is 22.9 Å². The molecule has 0 aromatic carbocycles. The van der Waals surface area contributed by atoms with E-state index in [1.165, 1.54) is 11.3 Å². The number of hydrogen-bond acceptors (Lipinski definition) is 3. The molecule has 1 rings (SSSR count). The normalized spacial score (nSPS) is 8.91. The largest absolute Gasteiger partial charge is 0.375 e. The molecule has 0 amide bonds. The summed E-state index contributed by atoms with van der Waals surface area (Å²) in [5.41, 5.74) is 6.34. The summed E-state index contributed by atoms with van der Waals surface area (Å²) >= 11 is 6.78. The number of aryl methyl sites for hydroxylation is 1. The number of alkyl halides is 1. The lowest BCUT2D eigenvalue weighted by Crippen LogP contribution is -1.80. The Morgan fingerprint density at radius 1 is 1.73 bits per heavy atom. The first-order chi connectivity index (χ1) is 5.24. The van der Waals surface area contributed by atoms with Crippen LogP contribution in [-0.4, -0.2) is 10.9 Å². The number of nitrogen functional groups attached to an aromatic ring is 1. The van der Waals surface area contributed by atoms with Crippen molar-refractivity contribution in [2.45, 2.75) is 6.92 Å². The average molecular weight is 187 g/mol. The molecule has 0 aliphatic rings. The molecular weight excluding hydrogens is 180 g/mol. The fourth-order valence-corrected chi connectivity index (χ4v) is 1.42. The van der Waals surface area contributed by atoms with E-state index in [-0.39, 0.29) is 0 Å². The van der Waals surface area contributed by atoms with Crippen molar-refractivity contribution in [3.05, 3.63) is 10.6 Å². The van der Waals surface area contributed by atoms with Crippen molar-refractivity contribution in [1.29, 1.82) is 0 Å². The van der Waals surface area contributed by atoms with E-state index in [1.54, 1.807) is 0 Å². The second kappa shape index (κ2) is 3.61. The monoisotopic (exact) mass is 186 g/mol. The van der Waals surface area contributed by atoms with Crippen molar-refractivity contribution < 1.29 is 0 Å². The van der Waals surface area contributed by atoms with Gasteiger partial charge in [0, 0.05) is 0 Å². The molecule has 2 nitrogen and oxygen atoms in total. The zero-order valence-electron chi connectivity index (χ0n) is 6.02. The fourth-order valence-electron chi connectivity index (χ4n) is 0.647. The van der Waals surface area contributed by atoms with Crippen LogP contribution in [0.4, 0.5) is 5.13 Å². The van der Waals surface area contributed by atoms with Crippen LogP contribution in [0.5, 0.6) is 0 Å². The van der Waals surface area contributed by atoms with Gasteiger partial charge in [-0.15, -0.1) is 11.6 Å². The molecule has 2 N–H and O–H groups in total. The van der Waals surface area contributed by atoms with E-state index in [4.69, 9.17) is 17.3 Å². The number of rotatable bonds is 0. The maximum atomic E-state index is 5.46. The maximum absolute atomic E-state index is 5.46. The van der Waals surface area contributed by atoms with Crippen LogP contribution in [0, 0.1) is 18.8 Å². The van der Waals surface area contributed by atoms with Crippen LogP contribution in [-0.2, 0) is 0 Å². The van der Waals surface area contributed by atoms with Crippen molar-refractivity contribution in [2.75, 3.05) is 11.6 Å². The van der Waals surface area contributed by atoms with Crippen molar-refractivity contribution in [2.24, 2.45) is 0 Å². The summed E-state index contributed by atoms with van der Waals surface area (Å²) in [5.74, 6) is 5.97. The summed E-state index contributed by atoms with van der Waals surface area (Å²) in [5, 5.41) is 0.557. The number of halogens is 1. The van der Waals surface area contributed by atoms with Crippen molar-refractivity contribution >= 4 is 28.1 Å². The Bertz CT molecular complexity index is 308. The molecule has 1 aromatic heterocycles. The van der Waals surface area contributed by atoms with Gasteiger partial charge in [-0.25, -0.2) is 4.98 Å². The Balaban J connectivity index is 2.94. The van der Waals surface area contributed by atoms with Gasteiger partial charge >= 0.3 is 0 Å². The van der Waals surface area contributed by atoms with Crippen LogP contribution in [0.1, 0.15) is 10.6 Å². The number of nitrogens with two attached hydrogens (primary N) is 1. The Labute approximate surface area is 74.4 Å². The summed E-state index contributed by atoms with van der Waals surface area (Å²) in [6.45, 7) is 1.88. The minimum absolute atomic E-state index is 0.344. The molecule has 11 heavy (non-hydrogen) atoms. The summed E-state index contributed by atoms with van der Waals surface area (Å²) in [4.78, 5) is 4.92. The molecule has 0 radical (unpaired) electrons. The zero-order valence-corrected chi connectivity index (χ0v) is 7.59. The van der Waals surface area contributed by atoms with E-state index in [0.29, 0.717) is 11.0 Å². The van der Waals surface area contributed by atoms with E-state index in [0.717, 1.165) is 10.6 Å². The first-order valence-electron chi connectivity index (χ1n) is 3.01. The Morgan fingerprint density at radius 3 is 2.91 bits per heavy atom. The summed E-state index contributed by atoms with van der Waals surface area (Å²) in [6, 6.07) is 0. The van der Waals surface area contributed by atoms with Gasteiger partial charge in [-0.3, -0.25) is 0 Å². The van der Waals surface area contributed by atoms with Gasteiger partial charge in [-0.2, -0.15) is 0 Å². The van der Waals surface area contributed by atoms with Gasteiger partial charge in [0.1, 0.15) is 4.88 Å². The zero-order chi connectivity index (χ0) is 8.27. The lowest BCUT2D eigenvalue weighted by Gasteiger charge is -1.79. The van der Waals surface area contributed by atoms with E-state index >= 15 is 0 Å². The van der Waals surface area contributed by atoms with Gasteiger partial charge in [-0.05, 0) is 6.92 Å². The van der Waals surface area contributed by atoms with Gasteiger partial charge in [0.05, 0.1) is 11.6 Å². The molecule has 58 valence electrons. The van der Waals surface area contributed by atoms with Gasteiger partial charge in [0.25, 0.3) is 0 Å². The average Bonchev–Trinajstić information content (AvgIpc) is 2.26. The second-order valence-electron chi connectivity index (χ2n) is 1.90. The molecule has 0 aliphatic heterocycles. The van der Waals surface area contributed by atoms with Crippen molar-refractivity contribution in [3.63, 3.8) is 0 Å². The number of anilines is 1. The third-order valence-corrected chi connectivity index (χ3v) is 2.12. The highest BCUT2D eigenvalue weighted by atomic mass is 35.5. The van der Waals surface area contributed by atoms with Crippen LogP contribution in [0.15, 0.2) is 0 Å². The molecule has 0 bridgehead atoms. The van der Waals surface area contributed by atoms with Crippen LogP contribution in [0.2, 0.25) is 0 Å². The number of nitrogens with zero attached hydrogens (tertiary/aromatic N) is 1. The highest BCUT2D eigenvalue weighted by Crippen LogP contribution is 2.17. The number of thiazole rings is 1. The molecular formula is C7H7ClN2S. The van der Waals surface area contributed by atoms with Crippen LogP contribution in [0.3, 0.4) is 0 Å². The topological polar surface area (TPSA) is 38.9 Å². The van der Waals surface area contributed by atoms with E-state index in [2.05, 4.69) is 16.8 Å². The molecule has 0 spiro atoms. The SMILES string of the molecule is Cc1nc(N)sc1C#CCCl. The quantitative estimate of drug-likeness (QED) is 0.494. The number of hydrogen-bond donors (Lipinski definition) is 1. The molecule has 0 aliphatic carbocycles. The van der Waals surface area contributed by atoms with Gasteiger partial charge in [0.2, 0.25) is 0 Å². The molecule has 1 aromatic rings. The Morgan fingerprint density at radius 2 is 2.45 bits per heavy atom. The minimum Gasteiger partial charge on any atom is -0.375 e. The van der Waals surface area contributed by atoms with Gasteiger partial charge in [-0.1, -0.05) is 23.2 Å². The van der Waals surface area contributed by atoms with E-state index in [9.17, 15) is 0 Å². The minimum atomic E-state index is 0.344. The molecule has 0 atom stereocenters. The first-order valence-corrected chi connectivity index (χ1v) is 4.37. The number of aromatic nitrogens is 1. The van der Waals surface area contributed by atoms with Gasteiger partial charge < -0.3 is 5.73 Å². The molecule has 0 saturated carbocycles. The summed E-state index contributed by atoms with van der Waals surface area (Å²) < 4.78 is 0. The molecule has 0 fully saturated rings. The summed E-state index contributed by atoms with van der Waals surface area (Å²) in [7, 11) is 0. The second-order valence-corrected chi connectivity index (χ2v) is 3.20. The van der Waals surface area contributed by atoms with Crippen molar-refractivity contribution in [1.82, 2.24) is 4.98 Å². The fraction of sp³-hybridized carbons (Fsp3) is 0.286. The smallest absolute Gasteiger partial charge is 0.181 e. The lowest BCUT2D eigenvalue weighted by atomic mass is 10.4. The highest BCUT2D eigenvalue weighted by Gasteiger charge is 2.00. The summed E-state index contributed by atoms with van der Waals surface area (Å²) in [6.07, 6.45) is 0. The predicted molar refractivity (Wildman–Crippen MR) is 48.9 cm³/mol. The Kier molecular flexibility index (Phi) is 2.75. The van der Waals surface area contributed by atoms with E-state index < -0.39 is 0 Å². The van der Waals surface area contributed by atoms with Crippen LogP contribution in [0.25, 0.3) is 0 Å². The van der Waals surface area contributed by atoms with Gasteiger partial charge in [0.15, 0.2) is 5.13 Å². The maximum Gasteiger partial charge on any atom is 0.181 e. The Hall–Kier alpha value is -0.720. The lowest BCUT2D eigenvalue weighted by molar-refractivity contribution is 1.26. The third kappa shape index (κ3) is 2.11. The highest BCUT2D eigenvalue weighted by molar-refractivity contribution is 7.16.